The first-order valence-electron chi connectivity index (χ1n) is 10.4. The minimum atomic E-state index is -0.862. The fourth-order valence-corrected chi connectivity index (χ4v) is 5.84. The number of hydrogen-bond acceptors (Lipinski definition) is 10. The van der Waals surface area contributed by atoms with E-state index in [0.717, 1.165) is 5.56 Å². The van der Waals surface area contributed by atoms with Crippen molar-refractivity contribution in [2.75, 3.05) is 13.6 Å². The van der Waals surface area contributed by atoms with Crippen LogP contribution in [0, 0.1) is 0 Å². The Morgan fingerprint density at radius 3 is 2.94 bits per heavy atom. The number of para-hydroxylation sites is 1. The molecule has 3 heterocycles. The number of carbonyl (C=O) groups is 4. The van der Waals surface area contributed by atoms with Gasteiger partial charge in [0.2, 0.25) is 25.4 Å². The fraction of sp³-hybridized carbons (Fsp3) is 0.524. The van der Waals surface area contributed by atoms with Gasteiger partial charge >= 0.3 is 5.97 Å². The number of carbonyl (C=O) groups excluding carboxylic acids is 4. The third-order valence-corrected chi connectivity index (χ3v) is 7.41. The highest BCUT2D eigenvalue weighted by Crippen LogP contribution is 2.51. The maximum absolute atomic E-state index is 12.8. The van der Waals surface area contributed by atoms with E-state index < -0.39 is 46.9 Å². The highest BCUT2D eigenvalue weighted by molar-refractivity contribution is 8.01. The van der Waals surface area contributed by atoms with Crippen LogP contribution in [0.4, 0.5) is 0 Å². The molecule has 4 atom stereocenters. The fourth-order valence-electron chi connectivity index (χ4n) is 4.22. The average molecular weight is 480 g/mol. The Morgan fingerprint density at radius 1 is 1.39 bits per heavy atom. The van der Waals surface area contributed by atoms with Gasteiger partial charge in [-0.2, -0.15) is 0 Å². The zero-order valence-electron chi connectivity index (χ0n) is 18.1. The van der Waals surface area contributed by atoms with Crippen molar-refractivity contribution in [1.82, 2.24) is 10.2 Å². The van der Waals surface area contributed by atoms with Gasteiger partial charge < -0.3 is 34.9 Å². The van der Waals surface area contributed by atoms with Crippen LogP contribution in [0.5, 0.6) is 11.5 Å². The molecular weight excluding hydrogens is 454 g/mol. The summed E-state index contributed by atoms with van der Waals surface area (Å²) in [5, 5.41) is 2.30. The van der Waals surface area contributed by atoms with Gasteiger partial charge in [0.25, 0.3) is 6.47 Å². The first-order valence-corrected chi connectivity index (χ1v) is 11.3. The van der Waals surface area contributed by atoms with Crippen molar-refractivity contribution in [2.24, 2.45) is 5.73 Å². The number of fused-ring (bicyclic) bond motifs is 2. The Balaban J connectivity index is 1.33. The van der Waals surface area contributed by atoms with Gasteiger partial charge in [0.1, 0.15) is 17.5 Å². The van der Waals surface area contributed by atoms with Crippen molar-refractivity contribution >= 4 is 36.0 Å². The van der Waals surface area contributed by atoms with Gasteiger partial charge in [-0.1, -0.05) is 12.1 Å². The molecule has 3 aliphatic heterocycles. The van der Waals surface area contributed by atoms with Gasteiger partial charge in [0.15, 0.2) is 11.5 Å². The average Bonchev–Trinajstić information content (AvgIpc) is 3.36. The van der Waals surface area contributed by atoms with E-state index in [9.17, 15) is 19.2 Å². The molecule has 4 rings (SSSR count). The number of thioether (sulfide) groups is 1. The lowest BCUT2D eigenvalue weighted by molar-refractivity contribution is -0.173. The Labute approximate surface area is 194 Å². The van der Waals surface area contributed by atoms with E-state index in [1.54, 1.807) is 0 Å². The topological polar surface area (TPSA) is 146 Å². The van der Waals surface area contributed by atoms with Crippen molar-refractivity contribution < 1.29 is 38.1 Å². The van der Waals surface area contributed by atoms with Crippen molar-refractivity contribution in [1.29, 1.82) is 0 Å². The van der Waals surface area contributed by atoms with Crippen LogP contribution in [-0.4, -0.2) is 71.0 Å². The summed E-state index contributed by atoms with van der Waals surface area (Å²) < 4.78 is 19.5. The molecular formula is C21H25N3O8S. The minimum Gasteiger partial charge on any atom is -0.454 e. The van der Waals surface area contributed by atoms with Gasteiger partial charge in [-0.25, -0.2) is 4.79 Å². The zero-order valence-corrected chi connectivity index (χ0v) is 19.0. The summed E-state index contributed by atoms with van der Waals surface area (Å²) in [5.41, 5.74) is 6.98. The van der Waals surface area contributed by atoms with E-state index >= 15 is 0 Å². The van der Waals surface area contributed by atoms with E-state index in [0.29, 0.717) is 24.3 Å². The summed E-state index contributed by atoms with van der Waals surface area (Å²) in [6, 6.07) is 3.08. The van der Waals surface area contributed by atoms with Gasteiger partial charge in [-0.3, -0.25) is 14.4 Å². The SMILES string of the molecule is CC1(C)S[C@@H]2[C@H](NC(=O)C(N)CCc3cccc4c3OCO4)C(=O)N2[C@H]1C(=O)OCOC=O. The molecule has 0 saturated carbocycles. The predicted octanol–water partition coefficient (Wildman–Crippen LogP) is -0.104. The molecule has 0 aromatic heterocycles. The van der Waals surface area contributed by atoms with Crippen molar-refractivity contribution in [2.45, 2.75) is 54.9 Å². The van der Waals surface area contributed by atoms with Crippen LogP contribution in [-0.2, 0) is 35.1 Å². The molecule has 2 saturated heterocycles. The molecule has 0 aliphatic carbocycles. The second kappa shape index (κ2) is 9.10. The normalized spacial score (nSPS) is 25.0. The third-order valence-electron chi connectivity index (χ3n) is 5.84. The van der Waals surface area contributed by atoms with Gasteiger partial charge in [-0.15, -0.1) is 11.8 Å². The number of esters is 1. The molecule has 0 spiro atoms. The smallest absolute Gasteiger partial charge is 0.333 e. The Morgan fingerprint density at radius 2 is 2.18 bits per heavy atom. The molecule has 1 aromatic rings. The number of aryl methyl sites for hydroxylation is 1. The molecule has 2 amide bonds. The third kappa shape index (κ3) is 4.32. The lowest BCUT2D eigenvalue weighted by Crippen LogP contribution is -2.71. The predicted molar refractivity (Wildman–Crippen MR) is 115 cm³/mol. The number of nitrogens with one attached hydrogen (secondary N) is 1. The van der Waals surface area contributed by atoms with E-state index in [1.807, 2.05) is 32.0 Å². The number of ether oxygens (including phenoxy) is 4. The molecule has 11 nitrogen and oxygen atoms in total. The molecule has 0 bridgehead atoms. The molecule has 0 radical (unpaired) electrons. The maximum Gasteiger partial charge on any atom is 0.333 e. The summed E-state index contributed by atoms with van der Waals surface area (Å²) in [6.45, 7) is 3.42. The van der Waals surface area contributed by atoms with Crippen LogP contribution in [0.15, 0.2) is 18.2 Å². The minimum absolute atomic E-state index is 0.160. The molecule has 12 heteroatoms. The molecule has 178 valence electrons. The van der Waals surface area contributed by atoms with Crippen LogP contribution in [0.1, 0.15) is 25.8 Å². The van der Waals surface area contributed by atoms with Gasteiger partial charge in [0, 0.05) is 4.75 Å². The van der Waals surface area contributed by atoms with Gasteiger partial charge in [0.05, 0.1) is 6.04 Å². The number of nitrogens with zero attached hydrogens (tertiary/aromatic N) is 1. The first-order chi connectivity index (χ1) is 15.7. The van der Waals surface area contributed by atoms with Crippen LogP contribution in [0.25, 0.3) is 0 Å². The standard InChI is InChI=1S/C21H25N3O8S/c1-21(2)16(20(28)32-9-29-8-25)24-18(27)14(19(24)33-21)23-17(26)12(22)7-6-11-4-3-5-13-15(11)31-10-30-13/h3-5,8,12,14,16,19H,6-7,9-10,22H2,1-2H3,(H,23,26)/t12?,14-,16+,19-/m1/s1. The monoisotopic (exact) mass is 479 g/mol. The number of rotatable bonds is 9. The Hall–Kier alpha value is -2.99. The quantitative estimate of drug-likeness (QED) is 0.162. The summed E-state index contributed by atoms with van der Waals surface area (Å²) in [7, 11) is 0. The Kier molecular flexibility index (Phi) is 6.39. The van der Waals surface area contributed by atoms with Crippen molar-refractivity contribution in [3.63, 3.8) is 0 Å². The van der Waals surface area contributed by atoms with Crippen LogP contribution < -0.4 is 20.5 Å². The number of hydrogen-bond donors (Lipinski definition) is 2. The molecule has 2 fully saturated rings. The Bertz CT molecular complexity index is 971. The first kappa shape index (κ1) is 23.2. The van der Waals surface area contributed by atoms with Crippen LogP contribution in [0.3, 0.4) is 0 Å². The number of nitrogens with two attached hydrogens (primary N) is 1. The van der Waals surface area contributed by atoms with E-state index in [4.69, 9.17) is 19.9 Å². The zero-order chi connectivity index (χ0) is 23.8. The highest BCUT2D eigenvalue weighted by atomic mass is 32.2. The summed E-state index contributed by atoms with van der Waals surface area (Å²) in [5.74, 6) is -0.175. The lowest BCUT2D eigenvalue weighted by Gasteiger charge is -2.44. The number of amides is 2. The van der Waals surface area contributed by atoms with Crippen molar-refractivity contribution in [3.8, 4) is 11.5 Å². The van der Waals surface area contributed by atoms with Gasteiger partial charge in [-0.05, 0) is 38.3 Å². The maximum atomic E-state index is 12.8. The van der Waals surface area contributed by atoms with Crippen LogP contribution in [0.2, 0.25) is 0 Å². The largest absolute Gasteiger partial charge is 0.454 e. The van der Waals surface area contributed by atoms with E-state index in [-0.39, 0.29) is 19.2 Å². The lowest BCUT2D eigenvalue weighted by atomic mass is 9.95. The summed E-state index contributed by atoms with van der Waals surface area (Å²) in [6.07, 6.45) is 0.860. The van der Waals surface area contributed by atoms with Crippen LogP contribution >= 0.6 is 11.8 Å². The second-order valence-electron chi connectivity index (χ2n) is 8.39. The summed E-state index contributed by atoms with van der Waals surface area (Å²) >= 11 is 1.39. The number of β-lactam (4-membered cyclic amide) rings is 1. The van der Waals surface area contributed by atoms with Crippen molar-refractivity contribution in [3.05, 3.63) is 23.8 Å². The molecule has 3 aliphatic rings. The summed E-state index contributed by atoms with van der Waals surface area (Å²) in [4.78, 5) is 49.5. The highest BCUT2D eigenvalue weighted by Gasteiger charge is 2.64. The molecule has 33 heavy (non-hydrogen) atoms. The molecule has 3 N–H and O–H groups in total. The van der Waals surface area contributed by atoms with E-state index in [2.05, 4.69) is 10.1 Å². The van der Waals surface area contributed by atoms with E-state index in [1.165, 1.54) is 16.7 Å². The second-order valence-corrected chi connectivity index (χ2v) is 10.2. The number of benzene rings is 1. The molecule has 1 aromatic carbocycles. The molecule has 1 unspecified atom stereocenters.